The van der Waals surface area contributed by atoms with Crippen molar-refractivity contribution in [2.24, 2.45) is 11.3 Å². The predicted octanol–water partition coefficient (Wildman–Crippen LogP) is 1.49. The second-order valence-electron chi connectivity index (χ2n) is 4.43. The van der Waals surface area contributed by atoms with Crippen molar-refractivity contribution in [3.63, 3.8) is 0 Å². The molecule has 0 N–H and O–H groups in total. The molecule has 0 amide bonds. The molecule has 0 aromatic rings. The second-order valence-corrected chi connectivity index (χ2v) is 5.80. The lowest BCUT2D eigenvalue weighted by Gasteiger charge is -2.29. The molecule has 14 heavy (non-hydrogen) atoms. The summed E-state index contributed by atoms with van der Waals surface area (Å²) in [7, 11) is -4.31. The quantitative estimate of drug-likeness (QED) is 0.679. The lowest BCUT2D eigenvalue weighted by atomic mass is 9.84. The van der Waals surface area contributed by atoms with Crippen LogP contribution in [-0.2, 0) is 15.0 Å². The van der Waals surface area contributed by atoms with Gasteiger partial charge < -0.3 is 4.74 Å². The van der Waals surface area contributed by atoms with Crippen LogP contribution in [-0.4, -0.2) is 27.4 Å². The Balaban J connectivity index is 2.01. The van der Waals surface area contributed by atoms with Crippen molar-refractivity contribution in [1.82, 2.24) is 0 Å². The predicted molar refractivity (Wildman–Crippen MR) is 50.1 cm³/mol. The molecule has 0 radical (unpaired) electrons. The number of hydrogen-bond donors (Lipinski definition) is 0. The van der Waals surface area contributed by atoms with Crippen molar-refractivity contribution in [3.8, 4) is 0 Å². The molecule has 3 nitrogen and oxygen atoms in total. The smallest absolute Gasteiger partial charge is 0.302 e. The van der Waals surface area contributed by atoms with Crippen molar-refractivity contribution in [3.05, 3.63) is 0 Å². The zero-order valence-corrected chi connectivity index (χ0v) is 8.85. The number of rotatable bonds is 3. The van der Waals surface area contributed by atoms with Crippen molar-refractivity contribution in [1.29, 1.82) is 0 Å². The van der Waals surface area contributed by atoms with Gasteiger partial charge in [-0.3, -0.25) is 0 Å². The normalized spacial score (nSPS) is 27.5. The van der Waals surface area contributed by atoms with Crippen LogP contribution < -0.4 is 0 Å². The van der Waals surface area contributed by atoms with E-state index in [0.29, 0.717) is 19.1 Å². The molecular formula is C9H15FO3S. The van der Waals surface area contributed by atoms with E-state index in [1.807, 2.05) is 0 Å². The molecule has 2 fully saturated rings. The van der Waals surface area contributed by atoms with Gasteiger partial charge in [-0.25, -0.2) is 0 Å². The van der Waals surface area contributed by atoms with Crippen LogP contribution in [0.15, 0.2) is 0 Å². The van der Waals surface area contributed by atoms with Gasteiger partial charge in [0.25, 0.3) is 0 Å². The molecule has 2 rings (SSSR count). The molecule has 0 bridgehead atoms. The topological polar surface area (TPSA) is 43.4 Å². The SMILES string of the molecule is O=S(=O)(F)CC1(C2CCOCC2)CC1. The minimum absolute atomic E-state index is 0.239. The van der Waals surface area contributed by atoms with Crippen molar-refractivity contribution >= 4 is 10.2 Å². The van der Waals surface area contributed by atoms with Crippen LogP contribution in [0.1, 0.15) is 25.7 Å². The van der Waals surface area contributed by atoms with E-state index < -0.39 is 10.2 Å². The summed E-state index contributed by atoms with van der Waals surface area (Å²) in [6, 6.07) is 0. The minimum Gasteiger partial charge on any atom is -0.381 e. The van der Waals surface area contributed by atoms with Gasteiger partial charge >= 0.3 is 10.2 Å². The van der Waals surface area contributed by atoms with Crippen LogP contribution >= 0.6 is 0 Å². The van der Waals surface area contributed by atoms with Crippen LogP contribution in [0.25, 0.3) is 0 Å². The largest absolute Gasteiger partial charge is 0.381 e. The van der Waals surface area contributed by atoms with E-state index in [-0.39, 0.29) is 11.2 Å². The summed E-state index contributed by atoms with van der Waals surface area (Å²) in [5.74, 6) is 0.0757. The Bertz CT molecular complexity index is 302. The van der Waals surface area contributed by atoms with Crippen molar-refractivity contribution in [2.45, 2.75) is 25.7 Å². The first-order valence-electron chi connectivity index (χ1n) is 5.02. The Morgan fingerprint density at radius 1 is 1.29 bits per heavy atom. The fraction of sp³-hybridized carbons (Fsp3) is 1.00. The highest BCUT2D eigenvalue weighted by molar-refractivity contribution is 7.86. The van der Waals surface area contributed by atoms with Gasteiger partial charge in [-0.15, -0.1) is 3.89 Å². The van der Waals surface area contributed by atoms with Gasteiger partial charge in [0.2, 0.25) is 0 Å². The minimum atomic E-state index is -4.31. The summed E-state index contributed by atoms with van der Waals surface area (Å²) >= 11 is 0. The molecule has 0 aromatic heterocycles. The molecular weight excluding hydrogens is 207 g/mol. The van der Waals surface area contributed by atoms with Crippen molar-refractivity contribution < 1.29 is 17.0 Å². The molecule has 0 spiro atoms. The van der Waals surface area contributed by atoms with Gasteiger partial charge in [-0.1, -0.05) is 0 Å². The number of halogens is 1. The van der Waals surface area contributed by atoms with Crippen LogP contribution in [0.2, 0.25) is 0 Å². The fourth-order valence-corrected chi connectivity index (χ4v) is 3.70. The van der Waals surface area contributed by atoms with E-state index in [9.17, 15) is 12.3 Å². The molecule has 1 aliphatic heterocycles. The summed E-state index contributed by atoms with van der Waals surface area (Å²) in [5.41, 5.74) is -0.239. The second kappa shape index (κ2) is 3.45. The van der Waals surface area contributed by atoms with Crippen LogP contribution in [0.3, 0.4) is 0 Å². The summed E-state index contributed by atoms with van der Waals surface area (Å²) in [6.45, 7) is 1.39. The average molecular weight is 222 g/mol. The maximum Gasteiger partial charge on any atom is 0.302 e. The number of hydrogen-bond acceptors (Lipinski definition) is 3. The standard InChI is InChI=1S/C9H15FO3S/c10-14(11,12)7-9(3-4-9)8-1-5-13-6-2-8/h8H,1-7H2. The molecule has 82 valence electrons. The molecule has 2 aliphatic rings. The van der Waals surface area contributed by atoms with Gasteiger partial charge in [-0.2, -0.15) is 8.42 Å². The maximum absolute atomic E-state index is 12.6. The van der Waals surface area contributed by atoms with Crippen molar-refractivity contribution in [2.75, 3.05) is 19.0 Å². The third-order valence-corrected chi connectivity index (χ3v) is 4.36. The van der Waals surface area contributed by atoms with Gasteiger partial charge in [0.1, 0.15) is 0 Å². The summed E-state index contributed by atoms with van der Waals surface area (Å²) in [4.78, 5) is 0. The molecule has 1 heterocycles. The van der Waals surface area contributed by atoms with Gasteiger partial charge in [0.05, 0.1) is 5.75 Å². The highest BCUT2D eigenvalue weighted by atomic mass is 32.3. The summed E-state index contributed by atoms with van der Waals surface area (Å²) in [5, 5.41) is 0. The highest BCUT2D eigenvalue weighted by Gasteiger charge is 2.51. The van der Waals surface area contributed by atoms with Crippen LogP contribution in [0.4, 0.5) is 3.89 Å². The Morgan fingerprint density at radius 3 is 2.29 bits per heavy atom. The molecule has 1 saturated carbocycles. The van der Waals surface area contributed by atoms with E-state index in [1.54, 1.807) is 0 Å². The third-order valence-electron chi connectivity index (χ3n) is 3.44. The first kappa shape index (κ1) is 10.4. The molecule has 0 unspecified atom stereocenters. The van der Waals surface area contributed by atoms with Crippen LogP contribution in [0, 0.1) is 11.3 Å². The Labute approximate surface area is 83.8 Å². The van der Waals surface area contributed by atoms with Gasteiger partial charge in [0.15, 0.2) is 0 Å². The monoisotopic (exact) mass is 222 g/mol. The van der Waals surface area contributed by atoms with E-state index in [4.69, 9.17) is 4.74 Å². The molecule has 0 aromatic carbocycles. The highest BCUT2D eigenvalue weighted by Crippen LogP contribution is 2.56. The summed E-state index contributed by atoms with van der Waals surface area (Å²) < 4.78 is 39.1. The zero-order chi connectivity index (χ0) is 10.2. The lowest BCUT2D eigenvalue weighted by molar-refractivity contribution is 0.0449. The number of ether oxygens (including phenoxy) is 1. The maximum atomic E-state index is 12.6. The Morgan fingerprint density at radius 2 is 1.86 bits per heavy atom. The van der Waals surface area contributed by atoms with Crippen LogP contribution in [0.5, 0.6) is 0 Å². The van der Waals surface area contributed by atoms with Gasteiger partial charge in [-0.05, 0) is 37.0 Å². The third kappa shape index (κ3) is 2.25. The fourth-order valence-electron chi connectivity index (χ4n) is 2.48. The van der Waals surface area contributed by atoms with E-state index in [0.717, 1.165) is 25.7 Å². The molecule has 1 saturated heterocycles. The first-order chi connectivity index (χ1) is 6.52. The molecule has 0 atom stereocenters. The van der Waals surface area contributed by atoms with E-state index in [1.165, 1.54) is 0 Å². The van der Waals surface area contributed by atoms with Gasteiger partial charge in [0, 0.05) is 13.2 Å². The first-order valence-corrected chi connectivity index (χ1v) is 6.57. The molecule has 5 heteroatoms. The lowest BCUT2D eigenvalue weighted by Crippen LogP contribution is -2.29. The zero-order valence-electron chi connectivity index (χ0n) is 8.04. The average Bonchev–Trinajstić information content (AvgIpc) is 2.85. The Kier molecular flexibility index (Phi) is 2.55. The van der Waals surface area contributed by atoms with E-state index >= 15 is 0 Å². The molecule has 1 aliphatic carbocycles. The Hall–Kier alpha value is -0.160. The summed E-state index contributed by atoms with van der Waals surface area (Å²) in [6.07, 6.45) is 3.49. The van der Waals surface area contributed by atoms with E-state index in [2.05, 4.69) is 0 Å².